The smallest absolute Gasteiger partial charge is 0.239 e. The van der Waals surface area contributed by atoms with Gasteiger partial charge in [-0.2, -0.15) is 9.97 Å². The lowest BCUT2D eigenvalue weighted by Gasteiger charge is -2.07. The Kier molecular flexibility index (Phi) is 3.68. The Morgan fingerprint density at radius 3 is 3.00 bits per heavy atom. The van der Waals surface area contributed by atoms with Crippen LogP contribution < -0.4 is 16.6 Å². The highest BCUT2D eigenvalue weighted by Gasteiger charge is 2.05. The van der Waals surface area contributed by atoms with Crippen molar-refractivity contribution < 1.29 is 4.52 Å². The summed E-state index contributed by atoms with van der Waals surface area (Å²) >= 11 is 5.91. The highest BCUT2D eigenvalue weighted by atomic mass is 35.5. The van der Waals surface area contributed by atoms with E-state index in [4.69, 9.17) is 17.4 Å². The second kappa shape index (κ2) is 5.41. The molecule has 0 aliphatic heterocycles. The van der Waals surface area contributed by atoms with Crippen LogP contribution in [0.2, 0.25) is 5.02 Å². The van der Waals surface area contributed by atoms with Crippen molar-refractivity contribution in [3.05, 3.63) is 23.4 Å². The first kappa shape index (κ1) is 11.6. The first-order valence-corrected chi connectivity index (χ1v) is 5.15. The molecule has 0 unspecified atom stereocenters. The van der Waals surface area contributed by atoms with E-state index < -0.39 is 0 Å². The first-order valence-electron chi connectivity index (χ1n) is 4.78. The topological polar surface area (TPSA) is 115 Å². The van der Waals surface area contributed by atoms with Gasteiger partial charge in [0, 0.05) is 13.0 Å². The molecule has 0 saturated carbocycles. The summed E-state index contributed by atoms with van der Waals surface area (Å²) in [7, 11) is 0. The highest BCUT2D eigenvalue weighted by molar-refractivity contribution is 6.32. The molecule has 0 spiro atoms. The third-order valence-electron chi connectivity index (χ3n) is 1.92. The van der Waals surface area contributed by atoms with E-state index in [0.29, 0.717) is 29.6 Å². The minimum absolute atomic E-state index is 0.288. The van der Waals surface area contributed by atoms with Crippen molar-refractivity contribution in [2.75, 3.05) is 17.3 Å². The molecule has 9 heteroatoms. The SMILES string of the molecule is NNc1ncc(Cl)c(NCCc2ncon2)n1. The van der Waals surface area contributed by atoms with Gasteiger partial charge in [-0.1, -0.05) is 16.8 Å². The second-order valence-electron chi connectivity index (χ2n) is 3.06. The average Bonchev–Trinajstić information content (AvgIpc) is 2.84. The van der Waals surface area contributed by atoms with Crippen LogP contribution in [0.4, 0.5) is 11.8 Å². The summed E-state index contributed by atoms with van der Waals surface area (Å²) in [6, 6.07) is 0. The molecule has 0 aliphatic rings. The molecular weight excluding hydrogens is 246 g/mol. The van der Waals surface area contributed by atoms with E-state index in [1.54, 1.807) is 0 Å². The summed E-state index contributed by atoms with van der Waals surface area (Å²) < 4.78 is 4.61. The molecule has 2 aromatic heterocycles. The van der Waals surface area contributed by atoms with Crippen molar-refractivity contribution in [1.29, 1.82) is 0 Å². The van der Waals surface area contributed by atoms with Gasteiger partial charge in [-0.25, -0.2) is 10.8 Å². The molecule has 0 atom stereocenters. The molecule has 8 nitrogen and oxygen atoms in total. The fraction of sp³-hybridized carbons (Fsp3) is 0.250. The molecule has 17 heavy (non-hydrogen) atoms. The summed E-state index contributed by atoms with van der Waals surface area (Å²) in [4.78, 5) is 11.8. The number of nitrogens with one attached hydrogen (secondary N) is 2. The Morgan fingerprint density at radius 2 is 2.29 bits per heavy atom. The third-order valence-corrected chi connectivity index (χ3v) is 2.20. The molecule has 90 valence electrons. The van der Waals surface area contributed by atoms with E-state index in [0.717, 1.165) is 0 Å². The molecule has 0 radical (unpaired) electrons. The molecule has 0 aliphatic carbocycles. The van der Waals surface area contributed by atoms with Crippen molar-refractivity contribution in [1.82, 2.24) is 20.1 Å². The zero-order valence-corrected chi connectivity index (χ0v) is 9.48. The van der Waals surface area contributed by atoms with Crippen LogP contribution in [0.5, 0.6) is 0 Å². The number of nitrogen functional groups attached to an aromatic ring is 1. The summed E-state index contributed by atoms with van der Waals surface area (Å²) in [6.07, 6.45) is 3.34. The molecule has 4 N–H and O–H groups in total. The summed E-state index contributed by atoms with van der Waals surface area (Å²) in [6.45, 7) is 0.570. The van der Waals surface area contributed by atoms with Crippen LogP contribution in [0.15, 0.2) is 17.1 Å². The summed E-state index contributed by atoms with van der Waals surface area (Å²) in [5, 5.41) is 7.12. The maximum Gasteiger partial charge on any atom is 0.239 e. The van der Waals surface area contributed by atoms with Gasteiger partial charge in [-0.05, 0) is 0 Å². The van der Waals surface area contributed by atoms with Crippen molar-refractivity contribution in [2.45, 2.75) is 6.42 Å². The van der Waals surface area contributed by atoms with E-state index in [1.807, 2.05) is 0 Å². The summed E-state index contributed by atoms with van der Waals surface area (Å²) in [5.41, 5.74) is 2.34. The van der Waals surface area contributed by atoms with Crippen molar-refractivity contribution in [3.63, 3.8) is 0 Å². The standard InChI is InChI=1S/C8H10ClN7O/c9-5-3-12-8(15-10)14-7(5)11-2-1-6-13-4-17-16-6/h3-4H,1-2,10H2,(H2,11,12,14,15). The fourth-order valence-electron chi connectivity index (χ4n) is 1.16. The number of nitrogens with two attached hydrogens (primary N) is 1. The van der Waals surface area contributed by atoms with Gasteiger partial charge in [0.1, 0.15) is 5.02 Å². The Labute approximate surface area is 102 Å². The fourth-order valence-corrected chi connectivity index (χ4v) is 1.31. The number of halogens is 1. The summed E-state index contributed by atoms with van der Waals surface area (Å²) in [5.74, 6) is 6.59. The molecule has 0 aromatic carbocycles. The van der Waals surface area contributed by atoms with Crippen molar-refractivity contribution in [2.24, 2.45) is 5.84 Å². The van der Waals surface area contributed by atoms with Crippen LogP contribution in [-0.4, -0.2) is 26.7 Å². The Morgan fingerprint density at radius 1 is 1.41 bits per heavy atom. The monoisotopic (exact) mass is 255 g/mol. The minimum atomic E-state index is 0.288. The first-order chi connectivity index (χ1) is 8.29. The van der Waals surface area contributed by atoms with E-state index in [2.05, 4.69) is 35.4 Å². The van der Waals surface area contributed by atoms with Gasteiger partial charge in [0.15, 0.2) is 11.6 Å². The number of hydrogen-bond donors (Lipinski definition) is 3. The predicted octanol–water partition coefficient (Wildman–Crippen LogP) is 0.453. The van der Waals surface area contributed by atoms with Crippen LogP contribution >= 0.6 is 11.6 Å². The van der Waals surface area contributed by atoms with Gasteiger partial charge in [0.2, 0.25) is 12.3 Å². The number of hydrazine groups is 1. The van der Waals surface area contributed by atoms with E-state index >= 15 is 0 Å². The Balaban J connectivity index is 1.94. The van der Waals surface area contributed by atoms with Gasteiger partial charge in [0.25, 0.3) is 0 Å². The minimum Gasteiger partial charge on any atom is -0.368 e. The largest absolute Gasteiger partial charge is 0.368 e. The quantitative estimate of drug-likeness (QED) is 0.521. The normalized spacial score (nSPS) is 10.2. The lowest BCUT2D eigenvalue weighted by Crippen LogP contribution is -2.13. The molecule has 0 saturated heterocycles. The van der Waals surface area contributed by atoms with E-state index in [-0.39, 0.29) is 5.95 Å². The van der Waals surface area contributed by atoms with Gasteiger partial charge in [-0.15, -0.1) is 0 Å². The van der Waals surface area contributed by atoms with Gasteiger partial charge >= 0.3 is 0 Å². The van der Waals surface area contributed by atoms with E-state index in [9.17, 15) is 0 Å². The van der Waals surface area contributed by atoms with Gasteiger partial charge in [-0.3, -0.25) is 5.43 Å². The van der Waals surface area contributed by atoms with Crippen LogP contribution in [0.3, 0.4) is 0 Å². The molecule has 2 heterocycles. The van der Waals surface area contributed by atoms with Crippen molar-refractivity contribution >= 4 is 23.4 Å². The predicted molar refractivity (Wildman–Crippen MR) is 61.3 cm³/mol. The lowest BCUT2D eigenvalue weighted by atomic mass is 10.4. The molecule has 2 rings (SSSR count). The molecule has 0 bridgehead atoms. The van der Waals surface area contributed by atoms with Crippen LogP contribution in [0.1, 0.15) is 5.82 Å². The number of nitrogens with zero attached hydrogens (tertiary/aromatic N) is 4. The Bertz CT molecular complexity index is 475. The number of rotatable bonds is 5. The van der Waals surface area contributed by atoms with Crippen LogP contribution in [0.25, 0.3) is 0 Å². The average molecular weight is 256 g/mol. The van der Waals surface area contributed by atoms with Gasteiger partial charge in [0.05, 0.1) is 6.20 Å². The molecule has 0 fully saturated rings. The molecule has 2 aromatic rings. The zero-order chi connectivity index (χ0) is 12.1. The van der Waals surface area contributed by atoms with E-state index in [1.165, 1.54) is 12.6 Å². The van der Waals surface area contributed by atoms with Crippen molar-refractivity contribution in [3.8, 4) is 0 Å². The number of hydrogen-bond acceptors (Lipinski definition) is 8. The van der Waals surface area contributed by atoms with Crippen LogP contribution in [0, 0.1) is 0 Å². The highest BCUT2D eigenvalue weighted by Crippen LogP contribution is 2.18. The number of anilines is 2. The maximum absolute atomic E-state index is 5.91. The third kappa shape index (κ3) is 3.02. The van der Waals surface area contributed by atoms with Gasteiger partial charge < -0.3 is 9.84 Å². The lowest BCUT2D eigenvalue weighted by molar-refractivity contribution is 0.410. The number of aromatic nitrogens is 4. The second-order valence-corrected chi connectivity index (χ2v) is 3.47. The maximum atomic E-state index is 5.91. The Hall–Kier alpha value is -1.93. The zero-order valence-electron chi connectivity index (χ0n) is 8.72. The van der Waals surface area contributed by atoms with Crippen LogP contribution in [-0.2, 0) is 6.42 Å². The molecule has 0 amide bonds. The molecular formula is C8H10ClN7O.